The molecular formula is C18H32FIN4O2. The number of benzene rings is 1. The van der Waals surface area contributed by atoms with Crippen molar-refractivity contribution in [3.8, 4) is 0 Å². The number of halogens is 2. The zero-order valence-electron chi connectivity index (χ0n) is 16.1. The van der Waals surface area contributed by atoms with Gasteiger partial charge in [0.15, 0.2) is 5.96 Å². The van der Waals surface area contributed by atoms with Crippen LogP contribution >= 0.6 is 24.0 Å². The Balaban J connectivity index is 0.00000625. The van der Waals surface area contributed by atoms with Gasteiger partial charge in [0.2, 0.25) is 0 Å². The monoisotopic (exact) mass is 482 g/mol. The first kappa shape index (κ1) is 25.0. The maximum Gasteiger partial charge on any atom is 0.191 e. The topological polar surface area (TPSA) is 58.1 Å². The molecule has 1 unspecified atom stereocenters. The number of hydrogen-bond donors (Lipinski definition) is 2. The fourth-order valence-electron chi connectivity index (χ4n) is 2.38. The van der Waals surface area contributed by atoms with Crippen LogP contribution in [0.2, 0.25) is 0 Å². The first-order chi connectivity index (χ1) is 12.1. The minimum absolute atomic E-state index is 0. The Morgan fingerprint density at radius 3 is 2.46 bits per heavy atom. The molecule has 0 bridgehead atoms. The third-order valence-electron chi connectivity index (χ3n) is 3.88. The van der Waals surface area contributed by atoms with Gasteiger partial charge in [0, 0.05) is 54.1 Å². The summed E-state index contributed by atoms with van der Waals surface area (Å²) >= 11 is 0. The summed E-state index contributed by atoms with van der Waals surface area (Å²) < 4.78 is 23.6. The van der Waals surface area contributed by atoms with Crippen molar-refractivity contribution < 1.29 is 13.9 Å². The van der Waals surface area contributed by atoms with Crippen LogP contribution in [0.25, 0.3) is 0 Å². The smallest absolute Gasteiger partial charge is 0.191 e. The predicted molar refractivity (Wildman–Crippen MR) is 115 cm³/mol. The van der Waals surface area contributed by atoms with Crippen LogP contribution in [0, 0.1) is 5.82 Å². The van der Waals surface area contributed by atoms with Gasteiger partial charge in [-0.15, -0.1) is 24.0 Å². The van der Waals surface area contributed by atoms with Crippen molar-refractivity contribution in [2.24, 2.45) is 4.99 Å². The molecule has 0 spiro atoms. The fourth-order valence-corrected chi connectivity index (χ4v) is 2.38. The summed E-state index contributed by atoms with van der Waals surface area (Å²) in [7, 11) is 7.18. The molecule has 8 heteroatoms. The molecule has 0 heterocycles. The van der Waals surface area contributed by atoms with Crippen molar-refractivity contribution in [2.75, 3.05) is 61.1 Å². The lowest BCUT2D eigenvalue weighted by molar-refractivity contribution is 0.106. The number of rotatable bonds is 11. The molecule has 6 nitrogen and oxygen atoms in total. The van der Waals surface area contributed by atoms with E-state index in [4.69, 9.17) is 9.47 Å². The number of likely N-dealkylation sites (N-methyl/N-ethyl adjacent to an activating group) is 1. The Hall–Kier alpha value is -0.970. The number of nitrogens with zero attached hydrogens (tertiary/aromatic N) is 2. The van der Waals surface area contributed by atoms with Crippen LogP contribution in [0.1, 0.15) is 18.1 Å². The third-order valence-corrected chi connectivity index (χ3v) is 3.88. The SMILES string of the molecule is CN=C(NCCN(C)CCCOC)NCC(OC)c1ccc(F)cc1.I. The van der Waals surface area contributed by atoms with E-state index in [1.807, 2.05) is 0 Å². The molecule has 0 aliphatic rings. The molecule has 1 aromatic rings. The molecule has 0 aliphatic carbocycles. The molecule has 2 N–H and O–H groups in total. The molecule has 0 saturated heterocycles. The normalized spacial score (nSPS) is 12.6. The van der Waals surface area contributed by atoms with Crippen LogP contribution < -0.4 is 10.6 Å². The number of ether oxygens (including phenoxy) is 2. The molecule has 0 aliphatic heterocycles. The van der Waals surface area contributed by atoms with Gasteiger partial charge in [-0.3, -0.25) is 4.99 Å². The Morgan fingerprint density at radius 2 is 1.88 bits per heavy atom. The molecular weight excluding hydrogens is 450 g/mol. The summed E-state index contributed by atoms with van der Waals surface area (Å²) in [5.41, 5.74) is 0.921. The lowest BCUT2D eigenvalue weighted by Crippen LogP contribution is -2.42. The molecule has 0 saturated carbocycles. The van der Waals surface area contributed by atoms with Gasteiger partial charge in [-0.05, 0) is 31.2 Å². The highest BCUT2D eigenvalue weighted by molar-refractivity contribution is 14.0. The van der Waals surface area contributed by atoms with Gasteiger partial charge in [-0.25, -0.2) is 4.39 Å². The van der Waals surface area contributed by atoms with Gasteiger partial charge in [0.25, 0.3) is 0 Å². The second-order valence-electron chi connectivity index (χ2n) is 5.81. The van der Waals surface area contributed by atoms with Crippen LogP contribution in [-0.2, 0) is 9.47 Å². The van der Waals surface area contributed by atoms with Crippen molar-refractivity contribution >= 4 is 29.9 Å². The highest BCUT2D eigenvalue weighted by Crippen LogP contribution is 2.15. The second kappa shape index (κ2) is 15.1. The summed E-state index contributed by atoms with van der Waals surface area (Å²) in [6.45, 7) is 4.03. The lowest BCUT2D eigenvalue weighted by atomic mass is 10.1. The van der Waals surface area contributed by atoms with Gasteiger partial charge in [0.05, 0.1) is 6.10 Å². The van der Waals surface area contributed by atoms with Crippen LogP contribution in [0.15, 0.2) is 29.3 Å². The third kappa shape index (κ3) is 10.2. The lowest BCUT2D eigenvalue weighted by Gasteiger charge is -2.20. The highest BCUT2D eigenvalue weighted by Gasteiger charge is 2.11. The molecule has 1 atom stereocenters. The number of methoxy groups -OCH3 is 2. The molecule has 0 fully saturated rings. The minimum Gasteiger partial charge on any atom is -0.385 e. The van der Waals surface area contributed by atoms with Gasteiger partial charge >= 0.3 is 0 Å². The molecule has 0 radical (unpaired) electrons. The summed E-state index contributed by atoms with van der Waals surface area (Å²) in [4.78, 5) is 6.46. The van der Waals surface area contributed by atoms with E-state index in [1.54, 1.807) is 33.4 Å². The summed E-state index contributed by atoms with van der Waals surface area (Å²) in [5.74, 6) is 0.466. The second-order valence-corrected chi connectivity index (χ2v) is 5.81. The van der Waals surface area contributed by atoms with Crippen molar-refractivity contribution in [3.05, 3.63) is 35.6 Å². The van der Waals surface area contributed by atoms with Crippen molar-refractivity contribution in [1.29, 1.82) is 0 Å². The van der Waals surface area contributed by atoms with E-state index in [9.17, 15) is 4.39 Å². The number of hydrogen-bond acceptors (Lipinski definition) is 4. The van der Waals surface area contributed by atoms with E-state index in [1.165, 1.54) is 12.1 Å². The van der Waals surface area contributed by atoms with Crippen LogP contribution in [0.3, 0.4) is 0 Å². The summed E-state index contributed by atoms with van der Waals surface area (Å²) in [6.07, 6.45) is 0.851. The minimum atomic E-state index is -0.251. The number of guanidine groups is 1. The Kier molecular flexibility index (Phi) is 14.6. The maximum absolute atomic E-state index is 13.0. The van der Waals surface area contributed by atoms with Crippen molar-refractivity contribution in [1.82, 2.24) is 15.5 Å². The molecule has 0 amide bonds. The Morgan fingerprint density at radius 1 is 1.19 bits per heavy atom. The van der Waals surface area contributed by atoms with E-state index in [0.29, 0.717) is 6.54 Å². The van der Waals surface area contributed by atoms with Crippen LogP contribution in [0.4, 0.5) is 4.39 Å². The summed E-state index contributed by atoms with van der Waals surface area (Å²) in [6, 6.07) is 6.34. The van der Waals surface area contributed by atoms with Crippen molar-refractivity contribution in [2.45, 2.75) is 12.5 Å². The molecule has 26 heavy (non-hydrogen) atoms. The summed E-state index contributed by atoms with van der Waals surface area (Å²) in [5, 5.41) is 6.52. The number of nitrogens with one attached hydrogen (secondary N) is 2. The van der Waals surface area contributed by atoms with E-state index >= 15 is 0 Å². The molecule has 0 aromatic heterocycles. The largest absolute Gasteiger partial charge is 0.385 e. The van der Waals surface area contributed by atoms with E-state index < -0.39 is 0 Å². The molecule has 1 aromatic carbocycles. The first-order valence-corrected chi connectivity index (χ1v) is 8.51. The van der Waals surface area contributed by atoms with Crippen molar-refractivity contribution in [3.63, 3.8) is 0 Å². The van der Waals surface area contributed by atoms with Gasteiger partial charge in [-0.2, -0.15) is 0 Å². The zero-order chi connectivity index (χ0) is 18.5. The highest BCUT2D eigenvalue weighted by atomic mass is 127. The van der Waals surface area contributed by atoms with Crippen LogP contribution in [0.5, 0.6) is 0 Å². The van der Waals surface area contributed by atoms with E-state index in [-0.39, 0.29) is 35.9 Å². The van der Waals surface area contributed by atoms with Gasteiger partial charge in [-0.1, -0.05) is 12.1 Å². The zero-order valence-corrected chi connectivity index (χ0v) is 18.5. The fraction of sp³-hybridized carbons (Fsp3) is 0.611. The average molecular weight is 482 g/mol. The standard InChI is InChI=1S/C18H31FN4O2.HI/c1-20-18(21-10-12-23(2)11-5-13-24-3)22-14-17(25-4)15-6-8-16(19)9-7-15;/h6-9,17H,5,10-14H2,1-4H3,(H2,20,21,22);1H. The van der Waals surface area contributed by atoms with Gasteiger partial charge in [0.1, 0.15) is 5.82 Å². The molecule has 150 valence electrons. The quantitative estimate of drug-likeness (QED) is 0.220. The Labute approximate surface area is 173 Å². The molecule has 1 rings (SSSR count). The number of aliphatic imine (C=N–C) groups is 1. The average Bonchev–Trinajstić information content (AvgIpc) is 2.62. The predicted octanol–water partition coefficient (Wildman–Crippen LogP) is 2.26. The van der Waals surface area contributed by atoms with E-state index in [0.717, 1.165) is 44.2 Å². The van der Waals surface area contributed by atoms with Crippen LogP contribution in [-0.4, -0.2) is 72.0 Å². The first-order valence-electron chi connectivity index (χ1n) is 8.51. The Bertz CT molecular complexity index is 502. The van der Waals surface area contributed by atoms with E-state index in [2.05, 4.69) is 27.6 Å². The van der Waals surface area contributed by atoms with Gasteiger partial charge < -0.3 is 25.0 Å². The maximum atomic E-state index is 13.0.